The van der Waals surface area contributed by atoms with E-state index in [0.29, 0.717) is 12.8 Å². The SMILES string of the molecule is [C-]#[N+]CCC(C#N)(CCC#N)P(=O)(OCCC)OCCC. The van der Waals surface area contributed by atoms with Crippen LogP contribution < -0.4 is 0 Å². The lowest BCUT2D eigenvalue weighted by atomic mass is 10.0. The van der Waals surface area contributed by atoms with Gasteiger partial charge in [0.2, 0.25) is 6.54 Å². The average molecular weight is 311 g/mol. The molecule has 7 heteroatoms. The van der Waals surface area contributed by atoms with Crippen LogP contribution in [0.3, 0.4) is 0 Å². The highest BCUT2D eigenvalue weighted by atomic mass is 31.2. The summed E-state index contributed by atoms with van der Waals surface area (Å²) in [6.45, 7) is 11.1. The number of hydrogen-bond donors (Lipinski definition) is 0. The number of hydrogen-bond acceptors (Lipinski definition) is 5. The van der Waals surface area contributed by atoms with E-state index in [2.05, 4.69) is 4.85 Å². The molecule has 0 aliphatic heterocycles. The van der Waals surface area contributed by atoms with Gasteiger partial charge in [-0.3, -0.25) is 4.57 Å². The van der Waals surface area contributed by atoms with Gasteiger partial charge in [0.1, 0.15) is 0 Å². The van der Waals surface area contributed by atoms with Gasteiger partial charge in [0.25, 0.3) is 0 Å². The lowest BCUT2D eigenvalue weighted by molar-refractivity contribution is 0.186. The van der Waals surface area contributed by atoms with Crippen molar-refractivity contribution in [3.63, 3.8) is 0 Å². The summed E-state index contributed by atoms with van der Waals surface area (Å²) in [5, 5.41) is 16.9. The molecular formula is C14H22N3O3P. The molecule has 116 valence electrons. The lowest BCUT2D eigenvalue weighted by Crippen LogP contribution is -2.30. The largest absolute Gasteiger partial charge is 0.351 e. The van der Waals surface area contributed by atoms with Crippen LogP contribution in [0.5, 0.6) is 0 Å². The molecule has 1 unspecified atom stereocenters. The Kier molecular flexibility index (Phi) is 9.68. The van der Waals surface area contributed by atoms with Gasteiger partial charge in [0.15, 0.2) is 5.16 Å². The molecule has 6 nitrogen and oxygen atoms in total. The highest BCUT2D eigenvalue weighted by Gasteiger charge is 2.52. The molecule has 1 atom stereocenters. The Labute approximate surface area is 127 Å². The molecule has 0 radical (unpaired) electrons. The topological polar surface area (TPSA) is 87.5 Å². The van der Waals surface area contributed by atoms with E-state index in [0.717, 1.165) is 0 Å². The van der Waals surface area contributed by atoms with E-state index in [9.17, 15) is 9.83 Å². The number of nitriles is 2. The monoisotopic (exact) mass is 311 g/mol. The van der Waals surface area contributed by atoms with E-state index in [1.807, 2.05) is 26.0 Å². The van der Waals surface area contributed by atoms with Gasteiger partial charge in [0, 0.05) is 6.42 Å². The summed E-state index contributed by atoms with van der Waals surface area (Å²) in [4.78, 5) is 3.23. The first-order valence-corrected chi connectivity index (χ1v) is 8.60. The second-order valence-electron chi connectivity index (χ2n) is 4.60. The van der Waals surface area contributed by atoms with E-state index < -0.39 is 12.8 Å². The molecule has 0 heterocycles. The molecule has 21 heavy (non-hydrogen) atoms. The standard InChI is InChI=1S/C14H22N3O3P/c1-4-11-19-21(18,20-12-5-2)14(13-16,7-6-9-15)8-10-17-3/h4-8,10-12H2,1-2H3. The fraction of sp³-hybridized carbons (Fsp3) is 0.786. The van der Waals surface area contributed by atoms with E-state index in [1.165, 1.54) is 0 Å². The zero-order valence-electron chi connectivity index (χ0n) is 12.7. The predicted molar refractivity (Wildman–Crippen MR) is 79.4 cm³/mol. The van der Waals surface area contributed by atoms with E-state index in [1.54, 1.807) is 0 Å². The summed E-state index contributed by atoms with van der Waals surface area (Å²) in [6, 6.07) is 3.99. The van der Waals surface area contributed by atoms with Crippen LogP contribution in [0.2, 0.25) is 0 Å². The minimum atomic E-state index is -3.71. The van der Waals surface area contributed by atoms with Crippen LogP contribution in [-0.4, -0.2) is 24.9 Å². The third kappa shape index (κ3) is 5.49. The zero-order valence-corrected chi connectivity index (χ0v) is 13.6. The molecule has 0 N–H and O–H groups in total. The first-order chi connectivity index (χ1) is 10.1. The van der Waals surface area contributed by atoms with Gasteiger partial charge in [0.05, 0.1) is 31.8 Å². The normalized spacial score (nSPS) is 13.7. The van der Waals surface area contributed by atoms with Gasteiger partial charge in [-0.2, -0.15) is 10.5 Å². The average Bonchev–Trinajstić information content (AvgIpc) is 2.51. The lowest BCUT2D eigenvalue weighted by Gasteiger charge is -2.32. The molecule has 0 aliphatic carbocycles. The van der Waals surface area contributed by atoms with Crippen LogP contribution >= 0.6 is 7.60 Å². The minimum absolute atomic E-state index is 0.0496. The van der Waals surface area contributed by atoms with Crippen molar-refractivity contribution in [3.05, 3.63) is 11.4 Å². The molecule has 0 amide bonds. The molecule has 0 saturated carbocycles. The molecule has 0 fully saturated rings. The summed E-state index contributed by atoms with van der Waals surface area (Å²) in [5.41, 5.74) is 0. The molecule has 0 aromatic carbocycles. The summed E-state index contributed by atoms with van der Waals surface area (Å²) in [5.74, 6) is 0. The second kappa shape index (κ2) is 10.4. The van der Waals surface area contributed by atoms with Crippen molar-refractivity contribution in [1.29, 1.82) is 10.5 Å². The molecule has 0 rings (SSSR count). The van der Waals surface area contributed by atoms with Crippen LogP contribution in [0.1, 0.15) is 46.0 Å². The molecule has 0 aromatic heterocycles. The van der Waals surface area contributed by atoms with Crippen molar-refractivity contribution >= 4 is 7.60 Å². The second-order valence-corrected chi connectivity index (χ2v) is 6.96. The molecular weight excluding hydrogens is 289 g/mol. The maximum atomic E-state index is 13.1. The van der Waals surface area contributed by atoms with Crippen LogP contribution in [0, 0.1) is 29.2 Å². The van der Waals surface area contributed by atoms with Gasteiger partial charge in [-0.05, 0) is 19.3 Å². The Morgan fingerprint density at radius 1 is 1.19 bits per heavy atom. The number of rotatable bonds is 11. The molecule has 0 aliphatic rings. The zero-order chi connectivity index (χ0) is 16.2. The van der Waals surface area contributed by atoms with Crippen LogP contribution in [0.25, 0.3) is 4.85 Å². The third-order valence-corrected chi connectivity index (χ3v) is 5.59. The van der Waals surface area contributed by atoms with Crippen molar-refractivity contribution in [2.24, 2.45) is 0 Å². The Morgan fingerprint density at radius 2 is 1.76 bits per heavy atom. The Morgan fingerprint density at radius 3 is 2.14 bits per heavy atom. The van der Waals surface area contributed by atoms with Crippen molar-refractivity contribution in [3.8, 4) is 12.1 Å². The van der Waals surface area contributed by atoms with E-state index in [4.69, 9.17) is 20.9 Å². The van der Waals surface area contributed by atoms with Crippen molar-refractivity contribution < 1.29 is 13.6 Å². The van der Waals surface area contributed by atoms with Gasteiger partial charge >= 0.3 is 7.60 Å². The quantitative estimate of drug-likeness (QED) is 0.426. The number of nitrogens with zero attached hydrogens (tertiary/aromatic N) is 3. The van der Waals surface area contributed by atoms with Gasteiger partial charge in [-0.25, -0.2) is 6.57 Å². The summed E-state index contributed by atoms with van der Waals surface area (Å²) in [6.07, 6.45) is 1.52. The minimum Gasteiger partial charge on any atom is -0.317 e. The van der Waals surface area contributed by atoms with Crippen molar-refractivity contribution in [1.82, 2.24) is 0 Å². The fourth-order valence-electron chi connectivity index (χ4n) is 1.78. The first-order valence-electron chi connectivity index (χ1n) is 7.06. The molecule has 0 aromatic rings. The van der Waals surface area contributed by atoms with E-state index in [-0.39, 0.29) is 39.0 Å². The molecule has 0 saturated heterocycles. The molecule has 0 bridgehead atoms. The predicted octanol–water partition coefficient (Wildman–Crippen LogP) is 3.91. The van der Waals surface area contributed by atoms with Crippen LogP contribution in [0.15, 0.2) is 0 Å². The third-order valence-electron chi connectivity index (χ3n) is 2.95. The smallest absolute Gasteiger partial charge is 0.317 e. The fourth-order valence-corrected chi connectivity index (χ4v) is 4.08. The van der Waals surface area contributed by atoms with Crippen molar-refractivity contribution in [2.45, 2.75) is 51.1 Å². The first kappa shape index (κ1) is 19.6. The maximum absolute atomic E-state index is 13.1. The summed E-state index contributed by atoms with van der Waals surface area (Å²) >= 11 is 0. The van der Waals surface area contributed by atoms with Gasteiger partial charge in [-0.1, -0.05) is 13.8 Å². The van der Waals surface area contributed by atoms with Gasteiger partial charge < -0.3 is 13.9 Å². The Balaban J connectivity index is 5.52. The maximum Gasteiger partial charge on any atom is 0.351 e. The van der Waals surface area contributed by atoms with Crippen molar-refractivity contribution in [2.75, 3.05) is 19.8 Å². The van der Waals surface area contributed by atoms with Crippen LogP contribution in [0.4, 0.5) is 0 Å². The summed E-state index contributed by atoms with van der Waals surface area (Å²) in [7, 11) is -3.71. The highest BCUT2D eigenvalue weighted by molar-refractivity contribution is 7.56. The van der Waals surface area contributed by atoms with E-state index >= 15 is 0 Å². The Hall–Kier alpha value is -1.38. The van der Waals surface area contributed by atoms with Gasteiger partial charge in [-0.15, -0.1) is 0 Å². The Bertz CT molecular complexity index is 443. The summed E-state index contributed by atoms with van der Waals surface area (Å²) < 4.78 is 24.0. The highest BCUT2D eigenvalue weighted by Crippen LogP contribution is 2.63. The molecule has 0 spiro atoms. The van der Waals surface area contributed by atoms with Crippen LogP contribution in [-0.2, 0) is 13.6 Å².